The van der Waals surface area contributed by atoms with Gasteiger partial charge in [0, 0.05) is 0 Å². The standard InChI is InChI=1S/C13H17FN4O/c1-3-4-11-13(15)16-17-18(11)8-9-5-6-12(19-2)10(14)7-9/h5-7H,3-4,8,15H2,1-2H3. The number of nitrogens with zero attached hydrogens (tertiary/aromatic N) is 3. The van der Waals surface area contributed by atoms with Crippen molar-refractivity contribution in [1.82, 2.24) is 15.0 Å². The van der Waals surface area contributed by atoms with Crippen LogP contribution in [0, 0.1) is 5.82 Å². The molecule has 0 spiro atoms. The maximum Gasteiger partial charge on any atom is 0.169 e. The molecule has 0 fully saturated rings. The summed E-state index contributed by atoms with van der Waals surface area (Å²) in [6.45, 7) is 2.50. The van der Waals surface area contributed by atoms with Gasteiger partial charge >= 0.3 is 0 Å². The lowest BCUT2D eigenvalue weighted by atomic mass is 10.2. The van der Waals surface area contributed by atoms with E-state index >= 15 is 0 Å². The number of rotatable bonds is 5. The fraction of sp³-hybridized carbons (Fsp3) is 0.385. The molecule has 0 saturated carbocycles. The van der Waals surface area contributed by atoms with Crippen LogP contribution in [0.4, 0.5) is 10.2 Å². The van der Waals surface area contributed by atoms with Crippen molar-refractivity contribution in [3.05, 3.63) is 35.3 Å². The van der Waals surface area contributed by atoms with Crippen LogP contribution in [0.2, 0.25) is 0 Å². The maximum atomic E-state index is 13.6. The molecule has 2 rings (SSSR count). The minimum Gasteiger partial charge on any atom is -0.494 e. The number of aromatic nitrogens is 3. The summed E-state index contributed by atoms with van der Waals surface area (Å²) in [4.78, 5) is 0. The Balaban J connectivity index is 2.23. The third kappa shape index (κ3) is 2.83. The molecule has 19 heavy (non-hydrogen) atoms. The predicted molar refractivity (Wildman–Crippen MR) is 70.5 cm³/mol. The Morgan fingerprint density at radius 1 is 1.42 bits per heavy atom. The van der Waals surface area contributed by atoms with Gasteiger partial charge in [0.05, 0.1) is 19.3 Å². The second kappa shape index (κ2) is 5.69. The number of ether oxygens (including phenoxy) is 1. The second-order valence-electron chi connectivity index (χ2n) is 4.30. The smallest absolute Gasteiger partial charge is 0.169 e. The number of anilines is 1. The first-order valence-corrected chi connectivity index (χ1v) is 6.16. The normalized spacial score (nSPS) is 10.7. The highest BCUT2D eigenvalue weighted by Gasteiger charge is 2.11. The van der Waals surface area contributed by atoms with Gasteiger partial charge in [0.2, 0.25) is 0 Å². The summed E-state index contributed by atoms with van der Waals surface area (Å²) < 4.78 is 20.2. The van der Waals surface area contributed by atoms with E-state index in [9.17, 15) is 4.39 Å². The molecule has 1 aromatic carbocycles. The minimum atomic E-state index is -0.384. The number of benzene rings is 1. The van der Waals surface area contributed by atoms with Crippen molar-refractivity contribution in [1.29, 1.82) is 0 Å². The SMILES string of the molecule is CCCc1c(N)nnn1Cc1ccc(OC)c(F)c1. The lowest BCUT2D eigenvalue weighted by Crippen LogP contribution is -2.07. The van der Waals surface area contributed by atoms with Crippen molar-refractivity contribution in [2.75, 3.05) is 12.8 Å². The molecule has 0 bridgehead atoms. The van der Waals surface area contributed by atoms with Crippen molar-refractivity contribution in [3.8, 4) is 5.75 Å². The van der Waals surface area contributed by atoms with E-state index in [1.54, 1.807) is 16.8 Å². The summed E-state index contributed by atoms with van der Waals surface area (Å²) in [7, 11) is 1.44. The van der Waals surface area contributed by atoms with E-state index < -0.39 is 0 Å². The first-order chi connectivity index (χ1) is 9.15. The van der Waals surface area contributed by atoms with Gasteiger partial charge in [-0.1, -0.05) is 24.6 Å². The quantitative estimate of drug-likeness (QED) is 0.897. The lowest BCUT2D eigenvalue weighted by molar-refractivity contribution is 0.386. The summed E-state index contributed by atoms with van der Waals surface area (Å²) >= 11 is 0. The van der Waals surface area contributed by atoms with Crippen molar-refractivity contribution < 1.29 is 9.13 Å². The molecule has 0 radical (unpaired) electrons. The fourth-order valence-electron chi connectivity index (χ4n) is 1.95. The van der Waals surface area contributed by atoms with Crippen molar-refractivity contribution in [2.45, 2.75) is 26.3 Å². The molecule has 5 nitrogen and oxygen atoms in total. The van der Waals surface area contributed by atoms with Gasteiger partial charge in [0.25, 0.3) is 0 Å². The zero-order valence-electron chi connectivity index (χ0n) is 11.1. The Hall–Kier alpha value is -2.11. The molecule has 0 aliphatic heterocycles. The maximum absolute atomic E-state index is 13.6. The van der Waals surface area contributed by atoms with E-state index in [1.165, 1.54) is 13.2 Å². The topological polar surface area (TPSA) is 66.0 Å². The van der Waals surface area contributed by atoms with Gasteiger partial charge in [-0.3, -0.25) is 0 Å². The van der Waals surface area contributed by atoms with Crippen LogP contribution < -0.4 is 10.5 Å². The molecule has 2 aromatic rings. The number of nitrogens with two attached hydrogens (primary N) is 1. The van der Waals surface area contributed by atoms with Crippen molar-refractivity contribution in [2.24, 2.45) is 0 Å². The van der Waals surface area contributed by atoms with Gasteiger partial charge in [-0.05, 0) is 24.1 Å². The van der Waals surface area contributed by atoms with Crippen LogP contribution in [-0.4, -0.2) is 22.1 Å². The average molecular weight is 264 g/mol. The first kappa shape index (κ1) is 13.3. The molecular weight excluding hydrogens is 247 g/mol. The fourth-order valence-corrected chi connectivity index (χ4v) is 1.95. The average Bonchev–Trinajstić information content (AvgIpc) is 2.72. The molecule has 0 saturated heterocycles. The van der Waals surface area contributed by atoms with Crippen LogP contribution >= 0.6 is 0 Å². The highest BCUT2D eigenvalue weighted by molar-refractivity contribution is 5.34. The Labute approximate surface area is 111 Å². The Bertz CT molecular complexity index is 568. The van der Waals surface area contributed by atoms with Gasteiger partial charge in [-0.15, -0.1) is 5.10 Å². The van der Waals surface area contributed by atoms with E-state index in [2.05, 4.69) is 17.2 Å². The molecule has 1 aromatic heterocycles. The lowest BCUT2D eigenvalue weighted by Gasteiger charge is -2.08. The zero-order valence-corrected chi connectivity index (χ0v) is 11.1. The molecule has 6 heteroatoms. The van der Waals surface area contributed by atoms with Crippen LogP contribution in [0.5, 0.6) is 5.75 Å². The number of nitrogen functional groups attached to an aromatic ring is 1. The Morgan fingerprint density at radius 2 is 2.21 bits per heavy atom. The van der Waals surface area contributed by atoms with Crippen LogP contribution in [0.25, 0.3) is 0 Å². The third-order valence-electron chi connectivity index (χ3n) is 2.90. The van der Waals surface area contributed by atoms with Crippen LogP contribution in [0.15, 0.2) is 18.2 Å². The number of methoxy groups -OCH3 is 1. The highest BCUT2D eigenvalue weighted by Crippen LogP contribution is 2.19. The molecule has 0 amide bonds. The molecule has 0 atom stereocenters. The molecule has 0 unspecified atom stereocenters. The van der Waals surface area contributed by atoms with Gasteiger partial charge in [-0.2, -0.15) is 0 Å². The number of hydrogen-bond acceptors (Lipinski definition) is 4. The van der Waals surface area contributed by atoms with Crippen LogP contribution in [0.3, 0.4) is 0 Å². The van der Waals surface area contributed by atoms with Gasteiger partial charge < -0.3 is 10.5 Å². The van der Waals surface area contributed by atoms with Gasteiger partial charge in [0.1, 0.15) is 0 Å². The Kier molecular flexibility index (Phi) is 3.99. The summed E-state index contributed by atoms with van der Waals surface area (Å²) in [5, 5.41) is 7.85. The Morgan fingerprint density at radius 3 is 2.84 bits per heavy atom. The highest BCUT2D eigenvalue weighted by atomic mass is 19.1. The molecule has 0 aliphatic carbocycles. The minimum absolute atomic E-state index is 0.232. The summed E-state index contributed by atoms with van der Waals surface area (Å²) in [5.41, 5.74) is 7.45. The van der Waals surface area contributed by atoms with Crippen LogP contribution in [0.1, 0.15) is 24.6 Å². The van der Waals surface area contributed by atoms with Crippen molar-refractivity contribution in [3.63, 3.8) is 0 Å². The van der Waals surface area contributed by atoms with Crippen LogP contribution in [-0.2, 0) is 13.0 Å². The molecule has 0 aliphatic rings. The molecule has 1 heterocycles. The van der Waals surface area contributed by atoms with E-state index in [1.807, 2.05) is 0 Å². The van der Waals surface area contributed by atoms with Crippen molar-refractivity contribution >= 4 is 5.82 Å². The largest absolute Gasteiger partial charge is 0.494 e. The summed E-state index contributed by atoms with van der Waals surface area (Å²) in [6, 6.07) is 4.84. The summed E-state index contributed by atoms with van der Waals surface area (Å²) in [6.07, 6.45) is 1.76. The number of halogens is 1. The molecule has 102 valence electrons. The van der Waals surface area contributed by atoms with E-state index in [0.29, 0.717) is 12.4 Å². The third-order valence-corrected chi connectivity index (χ3v) is 2.90. The number of hydrogen-bond donors (Lipinski definition) is 1. The van der Waals surface area contributed by atoms with E-state index in [-0.39, 0.29) is 11.6 Å². The summed E-state index contributed by atoms with van der Waals surface area (Å²) in [5.74, 6) is 0.289. The van der Waals surface area contributed by atoms with Gasteiger partial charge in [-0.25, -0.2) is 9.07 Å². The zero-order chi connectivity index (χ0) is 13.8. The van der Waals surface area contributed by atoms with E-state index in [4.69, 9.17) is 10.5 Å². The predicted octanol–water partition coefficient (Wildman–Crippen LogP) is 2.01. The molecular formula is C13H17FN4O. The van der Waals surface area contributed by atoms with E-state index in [0.717, 1.165) is 24.1 Å². The van der Waals surface area contributed by atoms with Gasteiger partial charge in [0.15, 0.2) is 17.4 Å². The molecule has 2 N–H and O–H groups in total. The first-order valence-electron chi connectivity index (χ1n) is 6.16. The second-order valence-corrected chi connectivity index (χ2v) is 4.30. The monoisotopic (exact) mass is 264 g/mol.